The summed E-state index contributed by atoms with van der Waals surface area (Å²) in [4.78, 5) is 32.3. The van der Waals surface area contributed by atoms with Crippen LogP contribution < -0.4 is 5.32 Å². The third-order valence-electron chi connectivity index (χ3n) is 4.48. The van der Waals surface area contributed by atoms with Gasteiger partial charge in [-0.2, -0.15) is 0 Å². The summed E-state index contributed by atoms with van der Waals surface area (Å²) in [5.74, 6) is -0.670. The van der Waals surface area contributed by atoms with Gasteiger partial charge >= 0.3 is 0 Å². The molecule has 0 aliphatic carbocycles. The van der Waals surface area contributed by atoms with Gasteiger partial charge in [-0.3, -0.25) is 19.5 Å². The van der Waals surface area contributed by atoms with Crippen LogP contribution >= 0.6 is 22.9 Å². The number of nitrogens with zero attached hydrogens (tertiary/aromatic N) is 2. The number of halogens is 1. The van der Waals surface area contributed by atoms with E-state index in [2.05, 4.69) is 10.3 Å². The van der Waals surface area contributed by atoms with Crippen molar-refractivity contribution in [3.05, 3.63) is 87.0 Å². The number of hydrogen-bond acceptors (Lipinski definition) is 5. The molecule has 0 fully saturated rings. The molecule has 3 heterocycles. The number of carbonyl (C=O) groups is 2. The van der Waals surface area contributed by atoms with E-state index in [1.807, 2.05) is 30.5 Å². The fourth-order valence-electron chi connectivity index (χ4n) is 3.02. The Balaban J connectivity index is 1.74. The zero-order valence-corrected chi connectivity index (χ0v) is 16.6. The molecule has 4 rings (SSSR count). The molecule has 140 valence electrons. The zero-order valence-electron chi connectivity index (χ0n) is 15.0. The van der Waals surface area contributed by atoms with Crippen LogP contribution in [0.5, 0.6) is 0 Å². The summed E-state index contributed by atoms with van der Waals surface area (Å²) >= 11 is 7.54. The van der Waals surface area contributed by atoms with Gasteiger partial charge in [0.15, 0.2) is 0 Å². The molecule has 0 spiro atoms. The fraction of sp³-hybridized carbons (Fsp3) is 0.0952. The van der Waals surface area contributed by atoms with Crippen molar-refractivity contribution in [3.63, 3.8) is 0 Å². The van der Waals surface area contributed by atoms with Crippen LogP contribution in [0.25, 0.3) is 5.57 Å². The minimum Gasteiger partial charge on any atom is -0.350 e. The lowest BCUT2D eigenvalue weighted by molar-refractivity contribution is -0.137. The highest BCUT2D eigenvalue weighted by molar-refractivity contribution is 7.11. The number of nitrogens with one attached hydrogen (secondary N) is 1. The monoisotopic (exact) mass is 409 g/mol. The summed E-state index contributed by atoms with van der Waals surface area (Å²) in [6, 6.07) is 12.7. The lowest BCUT2D eigenvalue weighted by Gasteiger charge is -2.15. The standard InChI is InChI=1S/C21H16ClN3O2S/c1-13-4-5-15(22)11-16(13)24-19-18(17-3-2-10-28-17)20(26)25(21(19)27)12-14-6-8-23-9-7-14/h2-11,24H,12H2,1H3. The topological polar surface area (TPSA) is 62.3 Å². The van der Waals surface area contributed by atoms with Crippen molar-refractivity contribution in [1.82, 2.24) is 9.88 Å². The first-order valence-corrected chi connectivity index (χ1v) is 9.87. The van der Waals surface area contributed by atoms with Crippen molar-refractivity contribution in [2.24, 2.45) is 0 Å². The first kappa shape index (κ1) is 18.4. The summed E-state index contributed by atoms with van der Waals surface area (Å²) in [7, 11) is 0. The molecule has 3 aromatic rings. The number of carbonyl (C=O) groups excluding carboxylic acids is 2. The third-order valence-corrected chi connectivity index (χ3v) is 5.61. The maximum absolute atomic E-state index is 13.2. The molecular weight excluding hydrogens is 394 g/mol. The van der Waals surface area contributed by atoms with Gasteiger partial charge in [0, 0.05) is 28.0 Å². The number of hydrogen-bond donors (Lipinski definition) is 1. The van der Waals surface area contributed by atoms with Crippen LogP contribution in [0.2, 0.25) is 5.02 Å². The highest BCUT2D eigenvalue weighted by atomic mass is 35.5. The van der Waals surface area contributed by atoms with Crippen LogP contribution in [-0.4, -0.2) is 21.7 Å². The van der Waals surface area contributed by atoms with Crippen molar-refractivity contribution >= 4 is 46.0 Å². The molecule has 28 heavy (non-hydrogen) atoms. The van der Waals surface area contributed by atoms with Gasteiger partial charge < -0.3 is 5.32 Å². The molecule has 2 aromatic heterocycles. The van der Waals surface area contributed by atoms with E-state index in [4.69, 9.17) is 11.6 Å². The lowest BCUT2D eigenvalue weighted by atomic mass is 10.1. The third kappa shape index (κ3) is 3.44. The smallest absolute Gasteiger partial charge is 0.278 e. The van der Waals surface area contributed by atoms with Crippen molar-refractivity contribution in [2.75, 3.05) is 5.32 Å². The molecule has 0 radical (unpaired) electrons. The molecule has 0 saturated carbocycles. The van der Waals surface area contributed by atoms with E-state index in [0.717, 1.165) is 16.0 Å². The van der Waals surface area contributed by atoms with E-state index < -0.39 is 0 Å². The van der Waals surface area contributed by atoms with E-state index in [1.54, 1.807) is 36.7 Å². The fourth-order valence-corrected chi connectivity index (χ4v) is 3.96. The molecule has 0 bridgehead atoms. The number of aromatic nitrogens is 1. The molecule has 1 aliphatic rings. The number of imide groups is 1. The minimum absolute atomic E-state index is 0.189. The molecule has 5 nitrogen and oxygen atoms in total. The molecule has 1 N–H and O–H groups in total. The van der Waals surface area contributed by atoms with Crippen LogP contribution in [0.4, 0.5) is 5.69 Å². The van der Waals surface area contributed by atoms with Gasteiger partial charge in [0.05, 0.1) is 12.1 Å². The highest BCUT2D eigenvalue weighted by Gasteiger charge is 2.39. The Hall–Kier alpha value is -2.96. The van der Waals surface area contributed by atoms with E-state index in [1.165, 1.54) is 16.2 Å². The summed E-state index contributed by atoms with van der Waals surface area (Å²) < 4.78 is 0. The predicted molar refractivity (Wildman–Crippen MR) is 111 cm³/mol. The largest absolute Gasteiger partial charge is 0.350 e. The van der Waals surface area contributed by atoms with E-state index in [9.17, 15) is 9.59 Å². The minimum atomic E-state index is -0.357. The van der Waals surface area contributed by atoms with E-state index in [-0.39, 0.29) is 24.1 Å². The number of aryl methyl sites for hydroxylation is 1. The first-order valence-electron chi connectivity index (χ1n) is 8.61. The van der Waals surface area contributed by atoms with Gasteiger partial charge in [-0.05, 0) is 53.8 Å². The number of rotatable bonds is 5. The molecule has 0 saturated heterocycles. The quantitative estimate of drug-likeness (QED) is 0.630. The Labute approximate surface area is 171 Å². The van der Waals surface area contributed by atoms with Gasteiger partial charge in [0.25, 0.3) is 11.8 Å². The molecule has 1 aliphatic heterocycles. The van der Waals surface area contributed by atoms with Crippen molar-refractivity contribution in [3.8, 4) is 0 Å². The van der Waals surface area contributed by atoms with Crippen molar-refractivity contribution in [2.45, 2.75) is 13.5 Å². The van der Waals surface area contributed by atoms with Crippen LogP contribution in [0.15, 0.2) is 65.9 Å². The van der Waals surface area contributed by atoms with Crippen molar-refractivity contribution < 1.29 is 9.59 Å². The average Bonchev–Trinajstić information content (AvgIpc) is 3.29. The maximum Gasteiger partial charge on any atom is 0.278 e. The van der Waals surface area contributed by atoms with Crippen molar-refractivity contribution in [1.29, 1.82) is 0 Å². The number of benzene rings is 1. The molecule has 7 heteroatoms. The summed E-state index contributed by atoms with van der Waals surface area (Å²) in [5, 5.41) is 5.60. The van der Waals surface area contributed by atoms with E-state index in [0.29, 0.717) is 16.3 Å². The molecule has 1 aromatic carbocycles. The highest BCUT2D eigenvalue weighted by Crippen LogP contribution is 2.34. The Kier molecular flexibility index (Phi) is 4.98. The zero-order chi connectivity index (χ0) is 19.7. The summed E-state index contributed by atoms with van der Waals surface area (Å²) in [6.07, 6.45) is 3.28. The van der Waals surface area contributed by atoms with E-state index >= 15 is 0 Å². The maximum atomic E-state index is 13.2. The lowest BCUT2D eigenvalue weighted by Crippen LogP contribution is -2.32. The number of thiophene rings is 1. The number of pyridine rings is 1. The normalized spacial score (nSPS) is 14.1. The Morgan fingerprint density at radius 3 is 2.61 bits per heavy atom. The van der Waals surface area contributed by atoms with Crippen LogP contribution in [0.1, 0.15) is 16.0 Å². The van der Waals surface area contributed by atoms with Crippen LogP contribution in [-0.2, 0) is 16.1 Å². The number of anilines is 1. The van der Waals surface area contributed by atoms with Gasteiger partial charge in [0.2, 0.25) is 0 Å². The average molecular weight is 410 g/mol. The Bertz CT molecular complexity index is 1080. The molecule has 2 amide bonds. The second kappa shape index (κ2) is 7.58. The van der Waals surface area contributed by atoms with Gasteiger partial charge in [0.1, 0.15) is 5.70 Å². The second-order valence-electron chi connectivity index (χ2n) is 6.36. The Morgan fingerprint density at radius 1 is 1.11 bits per heavy atom. The SMILES string of the molecule is Cc1ccc(Cl)cc1NC1=C(c2cccs2)C(=O)N(Cc2ccncc2)C1=O. The Morgan fingerprint density at radius 2 is 1.89 bits per heavy atom. The van der Waals surface area contributed by atoms with Crippen LogP contribution in [0, 0.1) is 6.92 Å². The summed E-state index contributed by atoms with van der Waals surface area (Å²) in [5.41, 5.74) is 3.11. The number of amides is 2. The van der Waals surface area contributed by atoms with Gasteiger partial charge in [-0.25, -0.2) is 0 Å². The van der Waals surface area contributed by atoms with Gasteiger partial charge in [-0.1, -0.05) is 23.7 Å². The second-order valence-corrected chi connectivity index (χ2v) is 7.75. The predicted octanol–water partition coefficient (Wildman–Crippen LogP) is 4.50. The molecular formula is C21H16ClN3O2S. The van der Waals surface area contributed by atoms with Gasteiger partial charge in [-0.15, -0.1) is 11.3 Å². The van der Waals surface area contributed by atoms with Crippen LogP contribution in [0.3, 0.4) is 0 Å². The molecule has 0 atom stereocenters. The first-order chi connectivity index (χ1) is 13.5. The molecule has 0 unspecified atom stereocenters. The summed E-state index contributed by atoms with van der Waals surface area (Å²) in [6.45, 7) is 2.11.